The maximum atomic E-state index is 10.8. The highest BCUT2D eigenvalue weighted by Gasteiger charge is 2.69. The van der Waals surface area contributed by atoms with E-state index in [0.29, 0.717) is 0 Å². The van der Waals surface area contributed by atoms with E-state index in [-0.39, 0.29) is 0 Å². The predicted octanol–water partition coefficient (Wildman–Crippen LogP) is -0.260. The van der Waals surface area contributed by atoms with Crippen LogP contribution in [0.3, 0.4) is 0 Å². The van der Waals surface area contributed by atoms with Crippen molar-refractivity contribution in [2.24, 2.45) is 0 Å². The van der Waals surface area contributed by atoms with Gasteiger partial charge in [0.05, 0.1) is 0 Å². The number of fused-ring (bicyclic) bond motifs is 3. The van der Waals surface area contributed by atoms with Crippen LogP contribution in [0.1, 0.15) is 27.7 Å². The number of methoxy groups -OCH3 is 4. The lowest BCUT2D eigenvalue weighted by molar-refractivity contribution is -0.510. The summed E-state index contributed by atoms with van der Waals surface area (Å²) >= 11 is 0. The summed E-state index contributed by atoms with van der Waals surface area (Å²) < 4.78 is 46.6. The first-order valence-corrected chi connectivity index (χ1v) is 9.23. The van der Waals surface area contributed by atoms with Crippen LogP contribution in [0.2, 0.25) is 0 Å². The van der Waals surface area contributed by atoms with E-state index in [2.05, 4.69) is 0 Å². The summed E-state index contributed by atoms with van der Waals surface area (Å²) in [6.07, 6.45) is -6.24. The van der Waals surface area contributed by atoms with Gasteiger partial charge >= 0.3 is 0 Å². The van der Waals surface area contributed by atoms with Crippen LogP contribution in [0, 0.1) is 0 Å². The van der Waals surface area contributed by atoms with Crippen molar-refractivity contribution in [2.45, 2.75) is 87.5 Å². The fourth-order valence-corrected chi connectivity index (χ4v) is 4.09. The lowest BCUT2D eigenvalue weighted by Crippen LogP contribution is -2.79. The molecule has 0 amide bonds. The maximum Gasteiger partial charge on any atom is 0.220 e. The Bertz CT molecular complexity index is 541. The molecule has 2 heterocycles. The maximum absolute atomic E-state index is 10.8. The monoisotopic (exact) mass is 408 g/mol. The molecular weight excluding hydrogens is 376 g/mol. The molecule has 164 valence electrons. The van der Waals surface area contributed by atoms with E-state index in [1.54, 1.807) is 27.7 Å². The van der Waals surface area contributed by atoms with Crippen molar-refractivity contribution >= 4 is 0 Å². The van der Waals surface area contributed by atoms with Crippen LogP contribution in [0.5, 0.6) is 0 Å². The summed E-state index contributed by atoms with van der Waals surface area (Å²) in [5.74, 6) is -5.30. The van der Waals surface area contributed by atoms with Crippen LogP contribution in [0.15, 0.2) is 0 Å². The molecule has 0 bridgehead atoms. The summed E-state index contributed by atoms with van der Waals surface area (Å²) in [4.78, 5) is 0. The molecule has 10 atom stereocenters. The molecule has 28 heavy (non-hydrogen) atoms. The Kier molecular flexibility index (Phi) is 5.64. The summed E-state index contributed by atoms with van der Waals surface area (Å²) in [7, 11) is 5.82. The van der Waals surface area contributed by atoms with Gasteiger partial charge in [0.2, 0.25) is 23.1 Å². The van der Waals surface area contributed by atoms with Gasteiger partial charge in [0.25, 0.3) is 0 Å². The van der Waals surface area contributed by atoms with E-state index in [4.69, 9.17) is 37.9 Å². The minimum atomic E-state index is -1.34. The fraction of sp³-hybridized carbons (Fsp3) is 1.00. The van der Waals surface area contributed by atoms with Crippen LogP contribution in [-0.2, 0) is 37.9 Å². The van der Waals surface area contributed by atoms with E-state index in [1.807, 2.05) is 0 Å². The molecule has 0 aromatic heterocycles. The molecule has 3 rings (SSSR count). The largest absolute Gasteiger partial charge is 0.387 e. The Hall–Kier alpha value is -0.400. The molecule has 0 aromatic carbocycles. The molecule has 0 aromatic rings. The minimum Gasteiger partial charge on any atom is -0.387 e. The molecule has 0 radical (unpaired) electrons. The SMILES string of the molecule is CO[C@]1(C)O[C@H]2[C@@H]3O[C@@](C)(OC)[C@](C)(OC)O[C@H]3[C@@H](O)[C@H](O)[C@@H]2O[C@@]1(C)OC. The number of aliphatic hydroxyl groups is 2. The van der Waals surface area contributed by atoms with Gasteiger partial charge in [-0.05, 0) is 27.7 Å². The first-order chi connectivity index (χ1) is 12.9. The van der Waals surface area contributed by atoms with Crippen molar-refractivity contribution in [3.8, 4) is 0 Å². The molecule has 10 heteroatoms. The number of aliphatic hydroxyl groups excluding tert-OH is 2. The van der Waals surface area contributed by atoms with Gasteiger partial charge in [-0.25, -0.2) is 0 Å². The average Bonchev–Trinajstić information content (AvgIpc) is 2.69. The average molecular weight is 408 g/mol. The molecule has 0 unspecified atom stereocenters. The summed E-state index contributed by atoms with van der Waals surface area (Å²) in [6, 6.07) is 0. The van der Waals surface area contributed by atoms with Crippen LogP contribution in [0.4, 0.5) is 0 Å². The highest BCUT2D eigenvalue weighted by molar-refractivity contribution is 5.09. The predicted molar refractivity (Wildman–Crippen MR) is 93.2 cm³/mol. The van der Waals surface area contributed by atoms with Gasteiger partial charge in [-0.3, -0.25) is 0 Å². The van der Waals surface area contributed by atoms with Crippen molar-refractivity contribution in [1.82, 2.24) is 0 Å². The van der Waals surface area contributed by atoms with E-state index < -0.39 is 59.8 Å². The Morgan fingerprint density at radius 3 is 0.929 bits per heavy atom. The summed E-state index contributed by atoms with van der Waals surface area (Å²) in [5, 5.41) is 21.5. The number of hydrogen-bond acceptors (Lipinski definition) is 10. The highest BCUT2D eigenvalue weighted by Crippen LogP contribution is 2.49. The smallest absolute Gasteiger partial charge is 0.220 e. The standard InChI is InChI=1S/C18H32O10/c1-15(21-5)17(3,23-7)27-13-11(25-15)9(19)10(20)12-14(13)28-18(4,24-8)16(2,22-6)26-12/h9-14,19-20H,1-8H3/t9-,10-,11-,12-,13+,14+,15+,16+,17+,18+/m0/s1. The third-order valence-corrected chi connectivity index (χ3v) is 6.65. The van der Waals surface area contributed by atoms with Crippen LogP contribution >= 0.6 is 0 Å². The lowest BCUT2D eigenvalue weighted by Gasteiger charge is -2.61. The van der Waals surface area contributed by atoms with Crippen molar-refractivity contribution < 1.29 is 48.1 Å². The molecule has 3 fully saturated rings. The van der Waals surface area contributed by atoms with Gasteiger partial charge in [-0.2, -0.15) is 0 Å². The molecule has 1 aliphatic carbocycles. The molecule has 0 spiro atoms. The third kappa shape index (κ3) is 2.86. The Morgan fingerprint density at radius 2 is 0.714 bits per heavy atom. The van der Waals surface area contributed by atoms with Crippen LogP contribution < -0.4 is 0 Å². The van der Waals surface area contributed by atoms with Crippen molar-refractivity contribution in [3.05, 3.63) is 0 Å². The van der Waals surface area contributed by atoms with Gasteiger partial charge in [0.15, 0.2) is 0 Å². The lowest BCUT2D eigenvalue weighted by atomic mass is 9.81. The highest BCUT2D eigenvalue weighted by atomic mass is 16.8. The molecule has 3 aliphatic rings. The van der Waals surface area contributed by atoms with Gasteiger partial charge < -0.3 is 48.1 Å². The Balaban J connectivity index is 2.01. The quantitative estimate of drug-likeness (QED) is 0.645. The Morgan fingerprint density at radius 1 is 0.500 bits per heavy atom. The number of hydrogen-bond donors (Lipinski definition) is 2. The summed E-state index contributed by atoms with van der Waals surface area (Å²) in [5.41, 5.74) is 0. The van der Waals surface area contributed by atoms with Gasteiger partial charge in [-0.15, -0.1) is 0 Å². The second kappa shape index (κ2) is 7.09. The van der Waals surface area contributed by atoms with E-state index in [9.17, 15) is 10.2 Å². The van der Waals surface area contributed by atoms with E-state index in [0.717, 1.165) is 0 Å². The first kappa shape index (κ1) is 22.3. The van der Waals surface area contributed by atoms with Gasteiger partial charge in [-0.1, -0.05) is 0 Å². The summed E-state index contributed by atoms with van der Waals surface area (Å²) in [6.45, 7) is 6.60. The number of rotatable bonds is 4. The molecular formula is C18H32O10. The van der Waals surface area contributed by atoms with Crippen LogP contribution in [0.25, 0.3) is 0 Å². The second-order valence-electron chi connectivity index (χ2n) is 7.91. The van der Waals surface area contributed by atoms with Crippen LogP contribution in [-0.4, -0.2) is 98.4 Å². The van der Waals surface area contributed by atoms with Gasteiger partial charge in [0.1, 0.15) is 36.6 Å². The zero-order valence-electron chi connectivity index (χ0n) is 17.6. The zero-order valence-corrected chi connectivity index (χ0v) is 17.6. The number of ether oxygens (including phenoxy) is 8. The van der Waals surface area contributed by atoms with Gasteiger partial charge in [0, 0.05) is 28.4 Å². The zero-order chi connectivity index (χ0) is 21.1. The molecule has 10 nitrogen and oxygen atoms in total. The van der Waals surface area contributed by atoms with Crippen molar-refractivity contribution in [2.75, 3.05) is 28.4 Å². The molecule has 2 aliphatic heterocycles. The second-order valence-corrected chi connectivity index (χ2v) is 7.91. The Labute approximate surface area is 164 Å². The topological polar surface area (TPSA) is 114 Å². The van der Waals surface area contributed by atoms with Crippen molar-refractivity contribution in [1.29, 1.82) is 0 Å². The first-order valence-electron chi connectivity index (χ1n) is 9.23. The fourth-order valence-electron chi connectivity index (χ4n) is 4.09. The molecule has 1 saturated carbocycles. The van der Waals surface area contributed by atoms with Crippen molar-refractivity contribution in [3.63, 3.8) is 0 Å². The van der Waals surface area contributed by atoms with E-state index >= 15 is 0 Å². The normalized spacial score (nSPS) is 56.8. The molecule has 2 N–H and O–H groups in total. The van der Waals surface area contributed by atoms with E-state index in [1.165, 1.54) is 28.4 Å². The minimum absolute atomic E-state index is 0.840. The third-order valence-electron chi connectivity index (χ3n) is 6.65. The molecule has 2 saturated heterocycles.